The first-order valence-corrected chi connectivity index (χ1v) is 7.95. The van der Waals surface area contributed by atoms with Crippen molar-refractivity contribution in [2.24, 2.45) is 0 Å². The molecule has 0 bridgehead atoms. The number of rotatable bonds is 5. The first kappa shape index (κ1) is 18.6. The van der Waals surface area contributed by atoms with Gasteiger partial charge in [0.15, 0.2) is 11.5 Å². The summed E-state index contributed by atoms with van der Waals surface area (Å²) in [5.74, 6) is 0.806. The summed E-state index contributed by atoms with van der Waals surface area (Å²) in [5, 5.41) is 3.19. The number of benzene rings is 2. The Labute approximate surface area is 153 Å². The van der Waals surface area contributed by atoms with Gasteiger partial charge in [0, 0.05) is 30.4 Å². The highest BCUT2D eigenvalue weighted by Crippen LogP contribution is 2.42. The maximum atomic E-state index is 13.4. The molecule has 0 aliphatic carbocycles. The molecule has 1 N–H and O–H groups in total. The summed E-state index contributed by atoms with van der Waals surface area (Å²) in [7, 11) is 4.51. The van der Waals surface area contributed by atoms with Crippen molar-refractivity contribution in [1.29, 1.82) is 0 Å². The Hall–Kier alpha value is -3.16. The number of nitrogens with one attached hydrogen (secondary N) is 1. The monoisotopic (exact) mass is 378 g/mol. The molecule has 0 saturated heterocycles. The van der Waals surface area contributed by atoms with Gasteiger partial charge in [-0.3, -0.25) is 4.98 Å². The SMILES string of the molecule is CNc1ccc(Oc2ccnc3cc(OC)c(OC)cc23)c(C(F)(F)F)c1. The van der Waals surface area contributed by atoms with E-state index in [9.17, 15) is 13.2 Å². The van der Waals surface area contributed by atoms with Crippen LogP contribution in [-0.2, 0) is 6.18 Å². The molecule has 0 spiro atoms. The third-order valence-corrected chi connectivity index (χ3v) is 4.00. The molecule has 5 nitrogen and oxygen atoms in total. The number of aromatic nitrogens is 1. The maximum absolute atomic E-state index is 13.4. The van der Waals surface area contributed by atoms with E-state index in [-0.39, 0.29) is 11.5 Å². The lowest BCUT2D eigenvalue weighted by atomic mass is 10.1. The number of ether oxygens (including phenoxy) is 3. The van der Waals surface area contributed by atoms with Crippen molar-refractivity contribution >= 4 is 16.6 Å². The molecular formula is C19H17F3N2O3. The van der Waals surface area contributed by atoms with E-state index >= 15 is 0 Å². The van der Waals surface area contributed by atoms with Gasteiger partial charge in [-0.1, -0.05) is 0 Å². The van der Waals surface area contributed by atoms with Crippen LogP contribution in [0, 0.1) is 0 Å². The quantitative estimate of drug-likeness (QED) is 0.669. The number of alkyl halides is 3. The molecule has 0 saturated carbocycles. The van der Waals surface area contributed by atoms with Crippen LogP contribution < -0.4 is 19.5 Å². The van der Waals surface area contributed by atoms with Crippen molar-refractivity contribution in [3.05, 3.63) is 48.2 Å². The molecule has 3 rings (SSSR count). The lowest BCUT2D eigenvalue weighted by Crippen LogP contribution is -2.08. The van der Waals surface area contributed by atoms with Crippen molar-refractivity contribution in [1.82, 2.24) is 4.98 Å². The van der Waals surface area contributed by atoms with E-state index in [4.69, 9.17) is 14.2 Å². The molecule has 27 heavy (non-hydrogen) atoms. The molecule has 8 heteroatoms. The van der Waals surface area contributed by atoms with Gasteiger partial charge < -0.3 is 19.5 Å². The van der Waals surface area contributed by atoms with E-state index in [2.05, 4.69) is 10.3 Å². The average Bonchev–Trinajstić information content (AvgIpc) is 2.66. The molecule has 0 fully saturated rings. The summed E-state index contributed by atoms with van der Waals surface area (Å²) >= 11 is 0. The lowest BCUT2D eigenvalue weighted by molar-refractivity contribution is -0.138. The Morgan fingerprint density at radius 3 is 2.22 bits per heavy atom. The average molecular weight is 378 g/mol. The minimum absolute atomic E-state index is 0.226. The number of hydrogen-bond donors (Lipinski definition) is 1. The second-order valence-corrected chi connectivity index (χ2v) is 5.59. The number of hydrogen-bond acceptors (Lipinski definition) is 5. The van der Waals surface area contributed by atoms with Gasteiger partial charge in [0.2, 0.25) is 0 Å². The molecule has 3 aromatic rings. The summed E-state index contributed by atoms with van der Waals surface area (Å²) in [6.45, 7) is 0. The highest BCUT2D eigenvalue weighted by molar-refractivity contribution is 5.88. The van der Waals surface area contributed by atoms with Gasteiger partial charge >= 0.3 is 6.18 Å². The molecule has 0 unspecified atom stereocenters. The van der Waals surface area contributed by atoms with Gasteiger partial charge in [-0.25, -0.2) is 0 Å². The summed E-state index contributed by atoms with van der Waals surface area (Å²) in [4.78, 5) is 4.22. The van der Waals surface area contributed by atoms with Crippen LogP contribution in [-0.4, -0.2) is 26.3 Å². The van der Waals surface area contributed by atoms with E-state index in [1.807, 2.05) is 0 Å². The van der Waals surface area contributed by atoms with E-state index in [0.717, 1.165) is 6.07 Å². The number of pyridine rings is 1. The van der Waals surface area contributed by atoms with Crippen LogP contribution in [0.4, 0.5) is 18.9 Å². The Bertz CT molecular complexity index is 974. The zero-order chi connectivity index (χ0) is 19.6. The van der Waals surface area contributed by atoms with Gasteiger partial charge in [-0.15, -0.1) is 0 Å². The second-order valence-electron chi connectivity index (χ2n) is 5.59. The van der Waals surface area contributed by atoms with Crippen molar-refractivity contribution in [2.45, 2.75) is 6.18 Å². The minimum atomic E-state index is -4.56. The molecular weight excluding hydrogens is 361 g/mol. The molecule has 142 valence electrons. The predicted octanol–water partition coefficient (Wildman–Crippen LogP) is 5.10. The fraction of sp³-hybridized carbons (Fsp3) is 0.211. The van der Waals surface area contributed by atoms with E-state index in [1.54, 1.807) is 19.2 Å². The van der Waals surface area contributed by atoms with E-state index < -0.39 is 11.7 Å². The normalized spacial score (nSPS) is 11.3. The molecule has 0 amide bonds. The summed E-state index contributed by atoms with van der Waals surface area (Å²) in [5.41, 5.74) is -0.0361. The second kappa shape index (κ2) is 7.22. The Balaban J connectivity index is 2.12. The zero-order valence-electron chi connectivity index (χ0n) is 14.8. The standard InChI is InChI=1S/C19H17F3N2O3/c1-23-11-4-5-16(13(8-11)19(20,21)22)27-15-6-7-24-14-10-18(26-3)17(25-2)9-12(14)15/h4-10,23H,1-3H3. The number of halogens is 3. The molecule has 2 aromatic carbocycles. The lowest BCUT2D eigenvalue weighted by Gasteiger charge is -2.16. The Morgan fingerprint density at radius 1 is 0.889 bits per heavy atom. The van der Waals surface area contributed by atoms with Crippen LogP contribution in [0.25, 0.3) is 10.9 Å². The first-order chi connectivity index (χ1) is 12.9. The third-order valence-electron chi connectivity index (χ3n) is 4.00. The number of nitrogens with zero attached hydrogens (tertiary/aromatic N) is 1. The summed E-state index contributed by atoms with van der Waals surface area (Å²) < 4.78 is 56.5. The zero-order valence-corrected chi connectivity index (χ0v) is 14.8. The predicted molar refractivity (Wildman–Crippen MR) is 95.9 cm³/mol. The van der Waals surface area contributed by atoms with Crippen LogP contribution in [0.2, 0.25) is 0 Å². The molecule has 0 aliphatic rings. The van der Waals surface area contributed by atoms with Gasteiger partial charge in [-0.2, -0.15) is 13.2 Å². The van der Waals surface area contributed by atoms with Gasteiger partial charge in [0.1, 0.15) is 17.1 Å². The molecule has 0 aliphatic heterocycles. The number of methoxy groups -OCH3 is 2. The van der Waals surface area contributed by atoms with Crippen molar-refractivity contribution in [3.63, 3.8) is 0 Å². The number of fused-ring (bicyclic) bond motifs is 1. The van der Waals surface area contributed by atoms with Crippen LogP contribution >= 0.6 is 0 Å². The molecule has 1 aromatic heterocycles. The molecule has 0 radical (unpaired) electrons. The summed E-state index contributed by atoms with van der Waals surface area (Å²) in [6.07, 6.45) is -3.11. The van der Waals surface area contributed by atoms with Gasteiger partial charge in [0.05, 0.1) is 19.7 Å². The largest absolute Gasteiger partial charge is 0.493 e. The highest BCUT2D eigenvalue weighted by atomic mass is 19.4. The molecule has 0 atom stereocenters. The first-order valence-electron chi connectivity index (χ1n) is 7.95. The van der Waals surface area contributed by atoms with Crippen molar-refractivity contribution < 1.29 is 27.4 Å². The van der Waals surface area contributed by atoms with Crippen LogP contribution in [0.1, 0.15) is 5.56 Å². The fourth-order valence-corrected chi connectivity index (χ4v) is 2.65. The van der Waals surface area contributed by atoms with E-state index in [1.165, 1.54) is 38.6 Å². The third kappa shape index (κ3) is 3.69. The van der Waals surface area contributed by atoms with Crippen molar-refractivity contribution in [3.8, 4) is 23.0 Å². The van der Waals surface area contributed by atoms with Gasteiger partial charge in [0.25, 0.3) is 0 Å². The van der Waals surface area contributed by atoms with Crippen LogP contribution in [0.15, 0.2) is 42.6 Å². The summed E-state index contributed by atoms with van der Waals surface area (Å²) in [6, 6.07) is 8.55. The molecule has 1 heterocycles. The number of anilines is 1. The van der Waals surface area contributed by atoms with Gasteiger partial charge in [-0.05, 0) is 30.3 Å². The topological polar surface area (TPSA) is 52.6 Å². The fourth-order valence-electron chi connectivity index (χ4n) is 2.65. The van der Waals surface area contributed by atoms with E-state index in [0.29, 0.717) is 28.1 Å². The highest BCUT2D eigenvalue weighted by Gasteiger charge is 2.35. The Kier molecular flexibility index (Phi) is 4.98. The van der Waals surface area contributed by atoms with Crippen LogP contribution in [0.3, 0.4) is 0 Å². The van der Waals surface area contributed by atoms with Crippen LogP contribution in [0.5, 0.6) is 23.0 Å². The van der Waals surface area contributed by atoms with Crippen molar-refractivity contribution in [2.75, 3.05) is 26.6 Å². The Morgan fingerprint density at radius 2 is 1.59 bits per heavy atom. The maximum Gasteiger partial charge on any atom is 0.420 e. The smallest absolute Gasteiger partial charge is 0.420 e. The minimum Gasteiger partial charge on any atom is -0.493 e.